The van der Waals surface area contributed by atoms with Gasteiger partial charge in [0.1, 0.15) is 12.1 Å². The van der Waals surface area contributed by atoms with E-state index in [1.165, 1.54) is 6.33 Å². The molecular weight excluding hydrogens is 270 g/mol. The Labute approximate surface area is 123 Å². The second-order valence-corrected chi connectivity index (χ2v) is 4.93. The molecule has 7 heteroatoms. The zero-order valence-electron chi connectivity index (χ0n) is 12.8. The Bertz CT molecular complexity index is 625. The molecule has 0 unspecified atom stereocenters. The number of fused-ring (bicyclic) bond motifs is 1. The van der Waals surface area contributed by atoms with E-state index in [0.717, 1.165) is 17.9 Å². The van der Waals surface area contributed by atoms with Gasteiger partial charge in [-0.3, -0.25) is 4.79 Å². The molecule has 2 aromatic rings. The lowest BCUT2D eigenvalue weighted by atomic mass is 10.0. The number of esters is 1. The summed E-state index contributed by atoms with van der Waals surface area (Å²) in [5.41, 5.74) is 0.925. The van der Waals surface area contributed by atoms with Crippen LogP contribution in [0.15, 0.2) is 12.4 Å². The monoisotopic (exact) mass is 291 g/mol. The number of anilines is 1. The second-order valence-electron chi connectivity index (χ2n) is 4.93. The highest BCUT2D eigenvalue weighted by atomic mass is 16.5. The van der Waals surface area contributed by atoms with Gasteiger partial charge in [0.25, 0.3) is 5.78 Å². The minimum Gasteiger partial charge on any atom is -0.466 e. The highest BCUT2D eigenvalue weighted by Crippen LogP contribution is 2.16. The minimum atomic E-state index is -0.262. The number of nitrogens with zero attached hydrogens (tertiary/aromatic N) is 4. The van der Waals surface area contributed by atoms with E-state index in [1.54, 1.807) is 11.4 Å². The Kier molecular flexibility index (Phi) is 4.72. The first-order valence-corrected chi connectivity index (χ1v) is 7.19. The summed E-state index contributed by atoms with van der Waals surface area (Å²) in [5.74, 6) is 0.852. The quantitative estimate of drug-likeness (QED) is 0.816. The van der Waals surface area contributed by atoms with Crippen molar-refractivity contribution in [1.82, 2.24) is 19.6 Å². The van der Waals surface area contributed by atoms with Gasteiger partial charge >= 0.3 is 5.97 Å². The highest BCUT2D eigenvalue weighted by molar-refractivity contribution is 5.73. The number of nitrogens with one attached hydrogen (secondary N) is 1. The lowest BCUT2D eigenvalue weighted by Gasteiger charge is -2.21. The van der Waals surface area contributed by atoms with Crippen LogP contribution in [0, 0.1) is 5.92 Å². The summed E-state index contributed by atoms with van der Waals surface area (Å²) >= 11 is 0. The van der Waals surface area contributed by atoms with E-state index < -0.39 is 0 Å². The van der Waals surface area contributed by atoms with Crippen molar-refractivity contribution < 1.29 is 9.53 Å². The van der Waals surface area contributed by atoms with Crippen LogP contribution >= 0.6 is 0 Å². The van der Waals surface area contributed by atoms with Gasteiger partial charge in [0.05, 0.1) is 12.5 Å². The van der Waals surface area contributed by atoms with Crippen LogP contribution in [-0.4, -0.2) is 38.2 Å². The molecular formula is C14H21N5O2. The van der Waals surface area contributed by atoms with Gasteiger partial charge in [-0.15, -0.1) is 0 Å². The lowest BCUT2D eigenvalue weighted by Crippen LogP contribution is -2.32. The Balaban J connectivity index is 2.22. The summed E-state index contributed by atoms with van der Waals surface area (Å²) in [4.78, 5) is 20.3. The fourth-order valence-electron chi connectivity index (χ4n) is 1.98. The summed E-state index contributed by atoms with van der Waals surface area (Å²) < 4.78 is 6.69. The molecule has 0 radical (unpaired) electrons. The van der Waals surface area contributed by atoms with E-state index in [1.807, 2.05) is 26.8 Å². The number of ether oxygens (including phenoxy) is 1. The maximum atomic E-state index is 11.8. The molecule has 21 heavy (non-hydrogen) atoms. The van der Waals surface area contributed by atoms with Crippen molar-refractivity contribution in [3.8, 4) is 0 Å². The molecule has 2 aromatic heterocycles. The van der Waals surface area contributed by atoms with Crippen LogP contribution in [0.5, 0.6) is 0 Å². The summed E-state index contributed by atoms with van der Waals surface area (Å²) in [6.07, 6.45) is 2.27. The van der Waals surface area contributed by atoms with E-state index in [0.29, 0.717) is 12.4 Å². The fourth-order valence-corrected chi connectivity index (χ4v) is 1.98. The molecule has 7 nitrogen and oxygen atoms in total. The third-order valence-corrected chi connectivity index (χ3v) is 3.45. The average molecular weight is 291 g/mol. The van der Waals surface area contributed by atoms with Crippen molar-refractivity contribution in [3.05, 3.63) is 18.1 Å². The van der Waals surface area contributed by atoms with Crippen molar-refractivity contribution in [2.75, 3.05) is 11.9 Å². The third kappa shape index (κ3) is 3.29. The molecule has 2 rings (SSSR count). The first kappa shape index (κ1) is 15.2. The van der Waals surface area contributed by atoms with Crippen LogP contribution in [0.25, 0.3) is 5.78 Å². The Morgan fingerprint density at radius 2 is 2.19 bits per heavy atom. The van der Waals surface area contributed by atoms with Gasteiger partial charge in [0.2, 0.25) is 0 Å². The molecule has 0 saturated heterocycles. The van der Waals surface area contributed by atoms with Crippen LogP contribution < -0.4 is 5.32 Å². The second kappa shape index (κ2) is 6.51. The molecule has 0 amide bonds. The summed E-state index contributed by atoms with van der Waals surface area (Å²) in [7, 11) is 0. The Hall–Kier alpha value is -2.18. The predicted octanol–water partition coefficient (Wildman–Crippen LogP) is 1.69. The molecule has 2 atom stereocenters. The SMILES string of the molecule is CCOC(=O)[C@@H](C)[C@@H](C)Nc1cc(CC)nc2ncnn12. The first-order valence-electron chi connectivity index (χ1n) is 7.19. The molecule has 114 valence electrons. The molecule has 1 N–H and O–H groups in total. The first-order chi connectivity index (χ1) is 10.1. The van der Waals surface area contributed by atoms with E-state index in [-0.39, 0.29) is 17.9 Å². The number of aromatic nitrogens is 4. The Morgan fingerprint density at radius 3 is 2.86 bits per heavy atom. The van der Waals surface area contributed by atoms with Crippen LogP contribution in [-0.2, 0) is 16.0 Å². The summed E-state index contributed by atoms with van der Waals surface area (Å²) in [6.45, 7) is 8.01. The number of hydrogen-bond donors (Lipinski definition) is 1. The number of hydrogen-bond acceptors (Lipinski definition) is 6. The topological polar surface area (TPSA) is 81.4 Å². The summed E-state index contributed by atoms with van der Waals surface area (Å²) in [6, 6.07) is 1.83. The number of rotatable bonds is 6. The lowest BCUT2D eigenvalue weighted by molar-refractivity contribution is -0.147. The zero-order chi connectivity index (χ0) is 15.4. The average Bonchev–Trinajstić information content (AvgIpc) is 2.94. The van der Waals surface area contributed by atoms with Crippen LogP contribution in [0.1, 0.15) is 33.4 Å². The molecule has 0 aromatic carbocycles. The largest absolute Gasteiger partial charge is 0.466 e. The van der Waals surface area contributed by atoms with Gasteiger partial charge in [-0.25, -0.2) is 4.98 Å². The van der Waals surface area contributed by atoms with E-state index in [2.05, 4.69) is 20.4 Å². The van der Waals surface area contributed by atoms with Gasteiger partial charge in [-0.05, 0) is 27.2 Å². The molecule has 0 spiro atoms. The number of carbonyl (C=O) groups is 1. The maximum absolute atomic E-state index is 11.8. The van der Waals surface area contributed by atoms with E-state index in [9.17, 15) is 4.79 Å². The van der Waals surface area contributed by atoms with Crippen LogP contribution in [0.4, 0.5) is 5.82 Å². The van der Waals surface area contributed by atoms with Crippen LogP contribution in [0.3, 0.4) is 0 Å². The molecule has 0 saturated carbocycles. The normalized spacial score (nSPS) is 13.9. The van der Waals surface area contributed by atoms with Crippen LogP contribution in [0.2, 0.25) is 0 Å². The molecule has 0 fully saturated rings. The Morgan fingerprint density at radius 1 is 1.43 bits per heavy atom. The smallest absolute Gasteiger partial charge is 0.310 e. The van der Waals surface area contributed by atoms with Gasteiger partial charge in [-0.1, -0.05) is 6.92 Å². The van der Waals surface area contributed by atoms with Gasteiger partial charge in [0, 0.05) is 17.8 Å². The van der Waals surface area contributed by atoms with Crippen molar-refractivity contribution >= 4 is 17.6 Å². The molecule has 0 bridgehead atoms. The van der Waals surface area contributed by atoms with Crippen molar-refractivity contribution in [2.45, 2.75) is 40.2 Å². The van der Waals surface area contributed by atoms with E-state index in [4.69, 9.17) is 4.74 Å². The predicted molar refractivity (Wildman–Crippen MR) is 79.0 cm³/mol. The van der Waals surface area contributed by atoms with Gasteiger partial charge in [0.15, 0.2) is 0 Å². The molecule has 0 aliphatic rings. The number of aryl methyl sites for hydroxylation is 1. The standard InChI is InChI=1S/C14H21N5O2/c1-5-11-7-12(19-14(18-11)15-8-16-19)17-10(4)9(3)13(20)21-6-2/h7-10,17H,5-6H2,1-4H3/t9-,10+/m0/s1. The molecule has 2 heterocycles. The minimum absolute atomic E-state index is 0.0939. The third-order valence-electron chi connectivity index (χ3n) is 3.45. The maximum Gasteiger partial charge on any atom is 0.310 e. The van der Waals surface area contributed by atoms with E-state index >= 15 is 0 Å². The van der Waals surface area contributed by atoms with Gasteiger partial charge in [-0.2, -0.15) is 14.6 Å². The summed E-state index contributed by atoms with van der Waals surface area (Å²) in [5, 5.41) is 7.46. The highest BCUT2D eigenvalue weighted by Gasteiger charge is 2.22. The van der Waals surface area contributed by atoms with Gasteiger partial charge < -0.3 is 10.1 Å². The van der Waals surface area contributed by atoms with Crippen molar-refractivity contribution in [3.63, 3.8) is 0 Å². The fraction of sp³-hybridized carbons (Fsp3) is 0.571. The zero-order valence-corrected chi connectivity index (χ0v) is 12.8. The van der Waals surface area contributed by atoms with Crippen molar-refractivity contribution in [1.29, 1.82) is 0 Å². The molecule has 0 aliphatic heterocycles. The number of carbonyl (C=O) groups excluding carboxylic acids is 1. The molecule has 0 aliphatic carbocycles. The van der Waals surface area contributed by atoms with Crippen molar-refractivity contribution in [2.24, 2.45) is 5.92 Å².